The van der Waals surface area contributed by atoms with E-state index in [9.17, 15) is 4.79 Å². The number of pyridine rings is 1. The van der Waals surface area contributed by atoms with E-state index in [0.717, 1.165) is 10.0 Å². The predicted molar refractivity (Wildman–Crippen MR) is 83.1 cm³/mol. The summed E-state index contributed by atoms with van der Waals surface area (Å²) in [6, 6.07) is 11.3. The lowest BCUT2D eigenvalue weighted by Gasteiger charge is -2.15. The van der Waals surface area contributed by atoms with E-state index in [2.05, 4.69) is 26.2 Å². The number of rotatable bonds is 4. The molecule has 0 saturated carbocycles. The fourth-order valence-corrected chi connectivity index (χ4v) is 2.53. The molecule has 0 saturated heterocycles. The maximum absolute atomic E-state index is 12.0. The number of nitrogen functional groups attached to an aromatic ring is 1. The van der Waals surface area contributed by atoms with Crippen LogP contribution in [0.15, 0.2) is 47.1 Å². The molecule has 1 heterocycles. The number of benzene rings is 1. The summed E-state index contributed by atoms with van der Waals surface area (Å²) in [6.45, 7) is 1.95. The van der Waals surface area contributed by atoms with E-state index in [1.807, 2.05) is 31.2 Å². The molecule has 1 aromatic carbocycles. The van der Waals surface area contributed by atoms with Gasteiger partial charge in [0.25, 0.3) is 0 Å². The average molecular weight is 334 g/mol. The maximum atomic E-state index is 12.0. The third-order valence-electron chi connectivity index (χ3n) is 2.94. The molecule has 0 unspecified atom stereocenters. The Morgan fingerprint density at radius 2 is 2.10 bits per heavy atom. The SMILES string of the molecule is C[C@H](NC(=O)Cc1ccc(N)cn1)c1ccccc1Br. The van der Waals surface area contributed by atoms with Crippen LogP contribution in [0.2, 0.25) is 0 Å². The van der Waals surface area contributed by atoms with Crippen molar-refractivity contribution in [1.29, 1.82) is 0 Å². The van der Waals surface area contributed by atoms with Gasteiger partial charge in [0.05, 0.1) is 24.3 Å². The van der Waals surface area contributed by atoms with Crippen LogP contribution in [-0.2, 0) is 11.2 Å². The Morgan fingerprint density at radius 3 is 2.75 bits per heavy atom. The molecule has 1 atom stereocenters. The van der Waals surface area contributed by atoms with Crippen molar-refractivity contribution in [2.24, 2.45) is 0 Å². The summed E-state index contributed by atoms with van der Waals surface area (Å²) < 4.78 is 0.985. The first-order chi connectivity index (χ1) is 9.56. The molecule has 20 heavy (non-hydrogen) atoms. The van der Waals surface area contributed by atoms with E-state index in [0.29, 0.717) is 11.4 Å². The largest absolute Gasteiger partial charge is 0.397 e. The molecule has 1 aromatic heterocycles. The molecule has 0 aliphatic heterocycles. The van der Waals surface area contributed by atoms with Gasteiger partial charge in [0.1, 0.15) is 0 Å². The summed E-state index contributed by atoms with van der Waals surface area (Å²) in [6.07, 6.45) is 1.80. The molecule has 3 N–H and O–H groups in total. The summed E-state index contributed by atoms with van der Waals surface area (Å²) in [5, 5.41) is 2.96. The van der Waals surface area contributed by atoms with E-state index >= 15 is 0 Å². The Balaban J connectivity index is 1.98. The predicted octanol–water partition coefficient (Wildman–Crippen LogP) is 2.85. The van der Waals surface area contributed by atoms with Crippen LogP contribution in [-0.4, -0.2) is 10.9 Å². The normalized spacial score (nSPS) is 11.9. The third-order valence-corrected chi connectivity index (χ3v) is 3.66. The summed E-state index contributed by atoms with van der Waals surface area (Å²) in [4.78, 5) is 16.1. The maximum Gasteiger partial charge on any atom is 0.226 e. The van der Waals surface area contributed by atoms with E-state index in [1.165, 1.54) is 0 Å². The van der Waals surface area contributed by atoms with Gasteiger partial charge in [0, 0.05) is 10.2 Å². The summed E-state index contributed by atoms with van der Waals surface area (Å²) >= 11 is 3.48. The first kappa shape index (κ1) is 14.5. The molecule has 0 spiro atoms. The lowest BCUT2D eigenvalue weighted by Crippen LogP contribution is -2.28. The van der Waals surface area contributed by atoms with Crippen LogP contribution in [0.1, 0.15) is 24.2 Å². The molecule has 104 valence electrons. The Hall–Kier alpha value is -1.88. The minimum absolute atomic E-state index is 0.0631. The highest BCUT2D eigenvalue weighted by molar-refractivity contribution is 9.10. The number of carbonyl (C=O) groups is 1. The highest BCUT2D eigenvalue weighted by atomic mass is 79.9. The van der Waals surface area contributed by atoms with Gasteiger partial charge in [0.2, 0.25) is 5.91 Å². The zero-order chi connectivity index (χ0) is 14.5. The number of halogens is 1. The number of hydrogen-bond acceptors (Lipinski definition) is 3. The van der Waals surface area contributed by atoms with Gasteiger partial charge in [-0.3, -0.25) is 9.78 Å². The van der Waals surface area contributed by atoms with Crippen LogP contribution in [0.5, 0.6) is 0 Å². The summed E-state index contributed by atoms with van der Waals surface area (Å²) in [5.74, 6) is -0.0643. The molecule has 0 aliphatic rings. The number of nitrogens with two attached hydrogens (primary N) is 1. The molecular formula is C15H16BrN3O. The van der Waals surface area contributed by atoms with Crippen molar-refractivity contribution in [1.82, 2.24) is 10.3 Å². The molecular weight excluding hydrogens is 318 g/mol. The van der Waals surface area contributed by atoms with E-state index in [-0.39, 0.29) is 18.4 Å². The topological polar surface area (TPSA) is 68.0 Å². The van der Waals surface area contributed by atoms with Crippen molar-refractivity contribution in [2.75, 3.05) is 5.73 Å². The summed E-state index contributed by atoms with van der Waals surface area (Å²) in [5.41, 5.74) is 7.91. The molecule has 0 radical (unpaired) electrons. The second-order valence-corrected chi connectivity index (χ2v) is 5.42. The van der Waals surface area contributed by atoms with Crippen LogP contribution in [0.4, 0.5) is 5.69 Å². The zero-order valence-electron chi connectivity index (χ0n) is 11.1. The zero-order valence-corrected chi connectivity index (χ0v) is 12.7. The Labute approximate surface area is 126 Å². The standard InChI is InChI=1S/C15H16BrN3O/c1-10(13-4-2-3-5-14(13)16)19-15(20)8-12-7-6-11(17)9-18-12/h2-7,9-10H,8,17H2,1H3,(H,19,20)/t10-/m0/s1. The van der Waals surface area contributed by atoms with Gasteiger partial charge in [-0.1, -0.05) is 34.1 Å². The van der Waals surface area contributed by atoms with Crippen molar-refractivity contribution < 1.29 is 4.79 Å². The van der Waals surface area contributed by atoms with Gasteiger partial charge in [-0.25, -0.2) is 0 Å². The number of nitrogens with zero attached hydrogens (tertiary/aromatic N) is 1. The van der Waals surface area contributed by atoms with Gasteiger partial charge in [-0.2, -0.15) is 0 Å². The van der Waals surface area contributed by atoms with Crippen LogP contribution < -0.4 is 11.1 Å². The molecule has 0 bridgehead atoms. The third kappa shape index (κ3) is 3.81. The fourth-order valence-electron chi connectivity index (χ4n) is 1.90. The first-order valence-electron chi connectivity index (χ1n) is 6.30. The number of carbonyl (C=O) groups excluding carboxylic acids is 1. The van der Waals surface area contributed by atoms with Crippen LogP contribution in [0.3, 0.4) is 0 Å². The fraction of sp³-hybridized carbons (Fsp3) is 0.200. The Kier molecular flexibility index (Phi) is 4.74. The number of anilines is 1. The van der Waals surface area contributed by atoms with Crippen LogP contribution >= 0.6 is 15.9 Å². The molecule has 1 amide bonds. The smallest absolute Gasteiger partial charge is 0.226 e. The number of nitrogens with one attached hydrogen (secondary N) is 1. The van der Waals surface area contributed by atoms with Crippen LogP contribution in [0, 0.1) is 0 Å². The highest BCUT2D eigenvalue weighted by Crippen LogP contribution is 2.22. The lowest BCUT2D eigenvalue weighted by atomic mass is 10.1. The molecule has 4 nitrogen and oxygen atoms in total. The first-order valence-corrected chi connectivity index (χ1v) is 7.10. The van der Waals surface area contributed by atoms with E-state index in [1.54, 1.807) is 18.3 Å². The molecule has 2 rings (SSSR count). The van der Waals surface area contributed by atoms with Gasteiger partial charge >= 0.3 is 0 Å². The minimum atomic E-state index is -0.0643. The number of aromatic nitrogens is 1. The highest BCUT2D eigenvalue weighted by Gasteiger charge is 2.12. The van der Waals surface area contributed by atoms with Gasteiger partial charge in [0.15, 0.2) is 0 Å². The Morgan fingerprint density at radius 1 is 1.35 bits per heavy atom. The van der Waals surface area contributed by atoms with Crippen molar-refractivity contribution in [3.05, 3.63) is 58.3 Å². The average Bonchev–Trinajstić information content (AvgIpc) is 2.41. The van der Waals surface area contributed by atoms with E-state index in [4.69, 9.17) is 5.73 Å². The second-order valence-electron chi connectivity index (χ2n) is 4.57. The van der Waals surface area contributed by atoms with Crippen LogP contribution in [0.25, 0.3) is 0 Å². The molecule has 2 aromatic rings. The molecule has 0 aliphatic carbocycles. The Bertz CT molecular complexity index is 598. The monoisotopic (exact) mass is 333 g/mol. The van der Waals surface area contributed by atoms with Gasteiger partial charge in [-0.05, 0) is 30.7 Å². The van der Waals surface area contributed by atoms with E-state index < -0.39 is 0 Å². The van der Waals surface area contributed by atoms with Gasteiger partial charge < -0.3 is 11.1 Å². The minimum Gasteiger partial charge on any atom is -0.397 e. The van der Waals surface area contributed by atoms with Crippen molar-refractivity contribution in [3.8, 4) is 0 Å². The molecule has 0 fully saturated rings. The molecule has 5 heteroatoms. The number of hydrogen-bond donors (Lipinski definition) is 2. The summed E-state index contributed by atoms with van der Waals surface area (Å²) in [7, 11) is 0. The van der Waals surface area contributed by atoms with Crippen molar-refractivity contribution >= 4 is 27.5 Å². The quantitative estimate of drug-likeness (QED) is 0.903. The number of amides is 1. The lowest BCUT2D eigenvalue weighted by molar-refractivity contribution is -0.121. The van der Waals surface area contributed by atoms with Crippen molar-refractivity contribution in [2.45, 2.75) is 19.4 Å². The second kappa shape index (κ2) is 6.52. The van der Waals surface area contributed by atoms with Gasteiger partial charge in [-0.15, -0.1) is 0 Å². The van der Waals surface area contributed by atoms with Crippen molar-refractivity contribution in [3.63, 3.8) is 0 Å².